The summed E-state index contributed by atoms with van der Waals surface area (Å²) < 4.78 is 1.02. The van der Waals surface area contributed by atoms with Crippen LogP contribution in [0.15, 0.2) is 89.4 Å². The second-order valence-electron chi connectivity index (χ2n) is 10.0. The molecule has 3 aromatic carbocycles. The summed E-state index contributed by atoms with van der Waals surface area (Å²) in [6.07, 6.45) is 3.50. The second-order valence-corrected chi connectivity index (χ2v) is 10.9. The number of hydrogen-bond donors (Lipinski definition) is 2. The normalized spacial score (nSPS) is 17.6. The molecule has 8 heteroatoms. The van der Waals surface area contributed by atoms with E-state index in [4.69, 9.17) is 0 Å². The Hall–Kier alpha value is -2.87. The molecule has 2 aliphatic rings. The van der Waals surface area contributed by atoms with Crippen molar-refractivity contribution >= 4 is 51.7 Å². The third kappa shape index (κ3) is 6.57. The highest BCUT2D eigenvalue weighted by Gasteiger charge is 2.48. The van der Waals surface area contributed by atoms with Crippen LogP contribution in [-0.4, -0.2) is 43.0 Å². The number of carbonyl (C=O) groups is 2. The van der Waals surface area contributed by atoms with Crippen LogP contribution in [-0.2, 0) is 4.79 Å². The van der Waals surface area contributed by atoms with E-state index in [0.717, 1.165) is 73.3 Å². The topological polar surface area (TPSA) is 64.7 Å². The molecule has 1 unspecified atom stereocenters. The molecular formula is C30H34BrClN4O2. The number of urea groups is 1. The number of carbonyl (C=O) groups excluding carboxylic acids is 2. The maximum Gasteiger partial charge on any atom is 0.319 e. The van der Waals surface area contributed by atoms with E-state index in [1.54, 1.807) is 0 Å². The number of amides is 3. The first-order valence-corrected chi connectivity index (χ1v) is 13.8. The molecule has 2 fully saturated rings. The SMILES string of the molecule is Cl.O=C(Nc1ccccc1)NC(CCN1CCC2(CC1)CCN(c1ccc(Br)cc1)C2=O)c1ccccc1. The van der Waals surface area contributed by atoms with Crippen LogP contribution in [0.25, 0.3) is 0 Å². The van der Waals surface area contributed by atoms with Crippen LogP contribution in [0.5, 0.6) is 0 Å². The molecule has 3 amide bonds. The van der Waals surface area contributed by atoms with Crippen molar-refractivity contribution in [1.82, 2.24) is 10.2 Å². The minimum Gasteiger partial charge on any atom is -0.331 e. The van der Waals surface area contributed by atoms with Crippen LogP contribution in [0.3, 0.4) is 0 Å². The minimum atomic E-state index is -0.240. The van der Waals surface area contributed by atoms with E-state index in [-0.39, 0.29) is 35.8 Å². The second kappa shape index (κ2) is 12.8. The average molecular weight is 598 g/mol. The number of rotatable bonds is 7. The molecule has 6 nitrogen and oxygen atoms in total. The molecule has 2 saturated heterocycles. The zero-order valence-electron chi connectivity index (χ0n) is 21.3. The van der Waals surface area contributed by atoms with Crippen molar-refractivity contribution in [2.75, 3.05) is 36.4 Å². The number of para-hydroxylation sites is 1. The first-order chi connectivity index (χ1) is 18.0. The van der Waals surface area contributed by atoms with Crippen LogP contribution in [0.2, 0.25) is 0 Å². The highest BCUT2D eigenvalue weighted by atomic mass is 79.9. The molecule has 0 radical (unpaired) electrons. The van der Waals surface area contributed by atoms with Gasteiger partial charge in [-0.1, -0.05) is 64.5 Å². The molecule has 1 spiro atoms. The molecule has 2 N–H and O–H groups in total. The molecule has 3 aromatic rings. The Labute approximate surface area is 239 Å². The summed E-state index contributed by atoms with van der Waals surface area (Å²) in [5.74, 6) is 0.274. The van der Waals surface area contributed by atoms with E-state index in [9.17, 15) is 9.59 Å². The molecule has 0 aliphatic carbocycles. The summed E-state index contributed by atoms with van der Waals surface area (Å²) in [6.45, 7) is 3.46. The van der Waals surface area contributed by atoms with E-state index in [2.05, 4.69) is 43.6 Å². The van der Waals surface area contributed by atoms with E-state index >= 15 is 0 Å². The van der Waals surface area contributed by atoms with Gasteiger partial charge in [0.1, 0.15) is 0 Å². The average Bonchev–Trinajstić information content (AvgIpc) is 3.24. The fraction of sp³-hybridized carbons (Fsp3) is 0.333. The van der Waals surface area contributed by atoms with Crippen molar-refractivity contribution in [2.45, 2.75) is 31.7 Å². The van der Waals surface area contributed by atoms with Gasteiger partial charge in [0.05, 0.1) is 11.5 Å². The highest BCUT2D eigenvalue weighted by Crippen LogP contribution is 2.43. The van der Waals surface area contributed by atoms with Crippen LogP contribution in [0, 0.1) is 5.41 Å². The van der Waals surface area contributed by atoms with Gasteiger partial charge in [0, 0.05) is 28.9 Å². The molecule has 5 rings (SSSR count). The molecule has 0 saturated carbocycles. The summed E-state index contributed by atoms with van der Waals surface area (Å²) >= 11 is 3.48. The Kier molecular flexibility index (Phi) is 9.47. The standard InChI is InChI=1S/C30H33BrN4O2.ClH/c31-24-11-13-26(14-12-24)35-22-18-30(28(35)36)16-20-34(21-17-30)19-15-27(23-7-3-1-4-8-23)33-29(37)32-25-9-5-2-6-10-25;/h1-14,27H,15-22H2,(H2,32,33,37);1H. The number of benzene rings is 3. The van der Waals surface area contributed by atoms with Gasteiger partial charge in [-0.05, 0) is 80.7 Å². The lowest BCUT2D eigenvalue weighted by molar-refractivity contribution is -0.128. The predicted octanol–water partition coefficient (Wildman–Crippen LogP) is 6.64. The maximum atomic E-state index is 13.4. The van der Waals surface area contributed by atoms with Crippen LogP contribution >= 0.6 is 28.3 Å². The van der Waals surface area contributed by atoms with Crippen molar-refractivity contribution < 1.29 is 9.59 Å². The lowest BCUT2D eigenvalue weighted by Crippen LogP contribution is -2.45. The van der Waals surface area contributed by atoms with Gasteiger partial charge in [0.2, 0.25) is 5.91 Å². The summed E-state index contributed by atoms with van der Waals surface area (Å²) in [7, 11) is 0. The maximum absolute atomic E-state index is 13.4. The highest BCUT2D eigenvalue weighted by molar-refractivity contribution is 9.10. The molecular weight excluding hydrogens is 564 g/mol. The molecule has 0 aromatic heterocycles. The number of likely N-dealkylation sites (tertiary alicyclic amines) is 1. The lowest BCUT2D eigenvalue weighted by atomic mass is 9.77. The summed E-state index contributed by atoms with van der Waals surface area (Å²) in [5.41, 5.74) is 2.61. The Morgan fingerprint density at radius 1 is 0.868 bits per heavy atom. The Morgan fingerprint density at radius 2 is 1.47 bits per heavy atom. The first kappa shape index (κ1) is 28.1. The summed E-state index contributed by atoms with van der Waals surface area (Å²) in [4.78, 5) is 30.6. The number of anilines is 2. The van der Waals surface area contributed by atoms with Gasteiger partial charge in [-0.3, -0.25) is 4.79 Å². The predicted molar refractivity (Wildman–Crippen MR) is 159 cm³/mol. The monoisotopic (exact) mass is 596 g/mol. The quantitative estimate of drug-likeness (QED) is 0.321. The molecule has 2 aliphatic heterocycles. The molecule has 200 valence electrons. The third-order valence-electron chi connectivity index (χ3n) is 7.74. The van der Waals surface area contributed by atoms with Crippen molar-refractivity contribution in [2.24, 2.45) is 5.41 Å². The third-order valence-corrected chi connectivity index (χ3v) is 8.27. The number of nitrogens with zero attached hydrogens (tertiary/aromatic N) is 2. The van der Waals surface area contributed by atoms with Crippen molar-refractivity contribution in [3.8, 4) is 0 Å². The van der Waals surface area contributed by atoms with E-state index in [1.165, 1.54) is 0 Å². The smallest absolute Gasteiger partial charge is 0.319 e. The van der Waals surface area contributed by atoms with Crippen molar-refractivity contribution in [3.05, 3.63) is 95.0 Å². The largest absolute Gasteiger partial charge is 0.331 e. The zero-order valence-corrected chi connectivity index (χ0v) is 23.7. The van der Waals surface area contributed by atoms with Gasteiger partial charge < -0.3 is 20.4 Å². The van der Waals surface area contributed by atoms with Gasteiger partial charge in [0.25, 0.3) is 0 Å². The van der Waals surface area contributed by atoms with Gasteiger partial charge in [-0.15, -0.1) is 12.4 Å². The Bertz CT molecular complexity index is 1200. The van der Waals surface area contributed by atoms with E-state index in [1.807, 2.05) is 77.7 Å². The number of hydrogen-bond acceptors (Lipinski definition) is 3. The molecule has 38 heavy (non-hydrogen) atoms. The van der Waals surface area contributed by atoms with Crippen molar-refractivity contribution in [1.29, 1.82) is 0 Å². The summed E-state index contributed by atoms with van der Waals surface area (Å²) in [6, 6.07) is 27.3. The minimum absolute atomic E-state index is 0. The number of piperidine rings is 1. The molecule has 1 atom stereocenters. The van der Waals surface area contributed by atoms with Crippen LogP contribution in [0.1, 0.15) is 37.3 Å². The first-order valence-electron chi connectivity index (χ1n) is 13.0. The van der Waals surface area contributed by atoms with Crippen LogP contribution in [0.4, 0.5) is 16.2 Å². The van der Waals surface area contributed by atoms with E-state index in [0.29, 0.717) is 0 Å². The molecule has 0 bridgehead atoms. The van der Waals surface area contributed by atoms with Gasteiger partial charge in [-0.2, -0.15) is 0 Å². The Morgan fingerprint density at radius 3 is 2.13 bits per heavy atom. The Balaban J connectivity index is 0.00000336. The fourth-order valence-electron chi connectivity index (χ4n) is 5.52. The molecule has 2 heterocycles. The summed E-state index contributed by atoms with van der Waals surface area (Å²) in [5, 5.41) is 6.09. The number of halogens is 2. The number of nitrogens with one attached hydrogen (secondary N) is 2. The fourth-order valence-corrected chi connectivity index (χ4v) is 5.79. The van der Waals surface area contributed by atoms with Gasteiger partial charge >= 0.3 is 6.03 Å². The zero-order chi connectivity index (χ0) is 25.7. The van der Waals surface area contributed by atoms with Crippen LogP contribution < -0.4 is 15.5 Å². The van der Waals surface area contributed by atoms with Gasteiger partial charge in [0.15, 0.2) is 0 Å². The lowest BCUT2D eigenvalue weighted by Gasteiger charge is -2.38. The van der Waals surface area contributed by atoms with E-state index < -0.39 is 0 Å². The van der Waals surface area contributed by atoms with Gasteiger partial charge in [-0.25, -0.2) is 4.79 Å². The van der Waals surface area contributed by atoms with Crippen molar-refractivity contribution in [3.63, 3.8) is 0 Å².